The number of benzene rings is 1. The minimum atomic E-state index is -3.78. The van der Waals surface area contributed by atoms with Crippen molar-refractivity contribution in [2.75, 3.05) is 145 Å². The molecule has 1 aromatic carbocycles. The Labute approximate surface area is 279 Å². The van der Waals surface area contributed by atoms with E-state index < -0.39 is 10.1 Å². The Kier molecular flexibility index (Phi) is 28.9. The summed E-state index contributed by atoms with van der Waals surface area (Å²) in [5.41, 5.74) is 0.972. The van der Waals surface area contributed by atoms with Gasteiger partial charge in [-0.05, 0) is 19.1 Å². The number of esters is 1. The summed E-state index contributed by atoms with van der Waals surface area (Å²) < 4.78 is 87.9. The van der Waals surface area contributed by atoms with E-state index in [1.54, 1.807) is 12.1 Å². The molecule has 16 heteroatoms. The topological polar surface area (TPSA) is 162 Å². The molecule has 1 aromatic rings. The lowest BCUT2D eigenvalue weighted by Gasteiger charge is -2.09. The van der Waals surface area contributed by atoms with Crippen molar-refractivity contribution in [1.82, 2.24) is 0 Å². The highest BCUT2D eigenvalue weighted by Gasteiger charge is 2.14. The van der Waals surface area contributed by atoms with Crippen LogP contribution in [0, 0.1) is 6.92 Å². The molecule has 0 aliphatic heterocycles. The Morgan fingerprint density at radius 2 is 0.702 bits per heavy atom. The van der Waals surface area contributed by atoms with Crippen molar-refractivity contribution in [3.05, 3.63) is 29.8 Å². The zero-order chi connectivity index (χ0) is 34.1. The largest absolute Gasteiger partial charge is 0.463 e. The fraction of sp³-hybridized carbons (Fsp3) is 0.774. The van der Waals surface area contributed by atoms with Crippen molar-refractivity contribution in [2.24, 2.45) is 0 Å². The molecule has 0 N–H and O–H groups in total. The Morgan fingerprint density at radius 1 is 0.447 bits per heavy atom. The van der Waals surface area contributed by atoms with Crippen LogP contribution >= 0.6 is 0 Å². The highest BCUT2D eigenvalue weighted by molar-refractivity contribution is 7.86. The smallest absolute Gasteiger partial charge is 0.302 e. The Bertz CT molecular complexity index is 947. The second-order valence-corrected chi connectivity index (χ2v) is 11.2. The Balaban J connectivity index is 1.68. The normalized spacial score (nSPS) is 11.7. The van der Waals surface area contributed by atoms with E-state index in [-0.39, 0.29) is 30.7 Å². The van der Waals surface area contributed by atoms with Crippen LogP contribution in [-0.2, 0) is 71.2 Å². The molecule has 0 saturated carbocycles. The molecular formula is C31H54O15S. The van der Waals surface area contributed by atoms with Gasteiger partial charge in [-0.3, -0.25) is 8.98 Å². The van der Waals surface area contributed by atoms with E-state index >= 15 is 0 Å². The van der Waals surface area contributed by atoms with E-state index in [9.17, 15) is 13.2 Å². The minimum Gasteiger partial charge on any atom is -0.463 e. The monoisotopic (exact) mass is 698 g/mol. The van der Waals surface area contributed by atoms with Gasteiger partial charge in [0.25, 0.3) is 10.1 Å². The fourth-order valence-electron chi connectivity index (χ4n) is 3.30. The molecule has 0 aromatic heterocycles. The van der Waals surface area contributed by atoms with Crippen molar-refractivity contribution < 1.29 is 69.5 Å². The molecule has 1 rings (SSSR count). The van der Waals surface area contributed by atoms with Gasteiger partial charge in [-0.25, -0.2) is 0 Å². The fourth-order valence-corrected chi connectivity index (χ4v) is 4.19. The van der Waals surface area contributed by atoms with Crippen LogP contribution in [0.5, 0.6) is 0 Å². The molecule has 15 nitrogen and oxygen atoms in total. The number of hydrogen-bond acceptors (Lipinski definition) is 15. The molecule has 0 amide bonds. The molecule has 47 heavy (non-hydrogen) atoms. The number of hydrogen-bond donors (Lipinski definition) is 0. The van der Waals surface area contributed by atoms with Crippen LogP contribution in [0.2, 0.25) is 0 Å². The van der Waals surface area contributed by atoms with Gasteiger partial charge in [-0.2, -0.15) is 8.42 Å². The molecule has 0 fully saturated rings. The molecule has 274 valence electrons. The summed E-state index contributed by atoms with van der Waals surface area (Å²) in [6.45, 7) is 12.0. The molecule has 0 aliphatic carbocycles. The summed E-state index contributed by atoms with van der Waals surface area (Å²) in [6.07, 6.45) is 0. The lowest BCUT2D eigenvalue weighted by atomic mass is 10.2. The van der Waals surface area contributed by atoms with E-state index in [4.69, 9.17) is 56.3 Å². The third-order valence-corrected chi connectivity index (χ3v) is 6.98. The van der Waals surface area contributed by atoms with Crippen LogP contribution in [-0.4, -0.2) is 160 Å². The van der Waals surface area contributed by atoms with Crippen LogP contribution in [0.1, 0.15) is 12.5 Å². The first kappa shape index (κ1) is 43.2. The van der Waals surface area contributed by atoms with Crippen molar-refractivity contribution in [3.8, 4) is 0 Å². The Morgan fingerprint density at radius 3 is 0.979 bits per heavy atom. The predicted octanol–water partition coefficient (Wildman–Crippen LogP) is 1.43. The van der Waals surface area contributed by atoms with Crippen molar-refractivity contribution in [1.29, 1.82) is 0 Å². The predicted molar refractivity (Wildman–Crippen MR) is 169 cm³/mol. The lowest BCUT2D eigenvalue weighted by molar-refractivity contribution is -0.142. The summed E-state index contributed by atoms with van der Waals surface area (Å²) in [7, 11) is -3.78. The third-order valence-electron chi connectivity index (χ3n) is 5.66. The molecule has 0 heterocycles. The molecule has 0 spiro atoms. The number of carbonyl (C=O) groups is 1. The summed E-state index contributed by atoms with van der Waals surface area (Å²) in [5.74, 6) is -0.318. The quantitative estimate of drug-likeness (QED) is 0.0568. The van der Waals surface area contributed by atoms with Crippen LogP contribution < -0.4 is 0 Å². The maximum Gasteiger partial charge on any atom is 0.302 e. The first-order valence-electron chi connectivity index (χ1n) is 15.8. The second-order valence-electron chi connectivity index (χ2n) is 9.55. The zero-order valence-electron chi connectivity index (χ0n) is 27.9. The van der Waals surface area contributed by atoms with Crippen LogP contribution in [0.4, 0.5) is 0 Å². The lowest BCUT2D eigenvalue weighted by Crippen LogP contribution is -2.16. The summed E-state index contributed by atoms with van der Waals surface area (Å²) in [5, 5.41) is 0. The SMILES string of the molecule is CC(=O)OCCOCCOCCOCCOCCOCCOCCOCCOCCOCCOCCOS(=O)(=O)c1ccc(C)cc1. The van der Waals surface area contributed by atoms with E-state index in [1.807, 2.05) is 6.92 Å². The van der Waals surface area contributed by atoms with Crippen LogP contribution in [0.3, 0.4) is 0 Å². The van der Waals surface area contributed by atoms with Gasteiger partial charge in [-0.1, -0.05) is 17.7 Å². The van der Waals surface area contributed by atoms with Gasteiger partial charge in [0.1, 0.15) is 6.61 Å². The first-order chi connectivity index (χ1) is 22.9. The van der Waals surface area contributed by atoms with Gasteiger partial charge in [0, 0.05) is 6.92 Å². The molecular weight excluding hydrogens is 644 g/mol. The second kappa shape index (κ2) is 31.5. The van der Waals surface area contributed by atoms with Gasteiger partial charge < -0.3 is 52.1 Å². The first-order valence-corrected chi connectivity index (χ1v) is 17.2. The molecule has 0 bridgehead atoms. The number of carbonyl (C=O) groups excluding carboxylic acids is 1. The van der Waals surface area contributed by atoms with Crippen molar-refractivity contribution in [2.45, 2.75) is 18.7 Å². The molecule has 0 aliphatic rings. The maximum atomic E-state index is 12.1. The zero-order valence-corrected chi connectivity index (χ0v) is 28.7. The Hall–Kier alpha value is -1.80. The van der Waals surface area contributed by atoms with Crippen molar-refractivity contribution >= 4 is 16.1 Å². The van der Waals surface area contributed by atoms with Crippen molar-refractivity contribution in [3.63, 3.8) is 0 Å². The molecule has 0 unspecified atom stereocenters. The standard InChI is InChI=1S/C31H54O15S/c1-29-3-5-31(6-4-29)47(33,34)46-28-26-44-24-22-42-20-18-40-16-14-38-12-10-36-8-7-35-9-11-37-13-15-39-17-19-41-21-23-43-25-27-45-30(2)32/h3-6H,7-28H2,1-2H3. The summed E-state index contributed by atoms with van der Waals surface area (Å²) in [4.78, 5) is 10.7. The number of ether oxygens (including phenoxy) is 11. The maximum absolute atomic E-state index is 12.1. The van der Waals surface area contributed by atoms with E-state index in [1.165, 1.54) is 19.1 Å². The minimum absolute atomic E-state index is 0.0634. The van der Waals surface area contributed by atoms with Crippen LogP contribution in [0.15, 0.2) is 29.2 Å². The average molecular weight is 699 g/mol. The molecule has 0 saturated heterocycles. The van der Waals surface area contributed by atoms with Gasteiger partial charge >= 0.3 is 5.97 Å². The van der Waals surface area contributed by atoms with Gasteiger partial charge in [-0.15, -0.1) is 0 Å². The number of rotatable bonds is 35. The summed E-state index contributed by atoms with van der Waals surface area (Å²) in [6, 6.07) is 6.47. The van der Waals surface area contributed by atoms with Gasteiger partial charge in [0.2, 0.25) is 0 Å². The highest BCUT2D eigenvalue weighted by Crippen LogP contribution is 2.12. The van der Waals surface area contributed by atoms with Gasteiger partial charge in [0.05, 0.1) is 144 Å². The van der Waals surface area contributed by atoms with Gasteiger partial charge in [0.15, 0.2) is 0 Å². The van der Waals surface area contributed by atoms with E-state index in [0.29, 0.717) is 126 Å². The summed E-state index contributed by atoms with van der Waals surface area (Å²) >= 11 is 0. The van der Waals surface area contributed by atoms with E-state index in [0.717, 1.165) is 5.56 Å². The third kappa shape index (κ3) is 28.9. The van der Waals surface area contributed by atoms with E-state index in [2.05, 4.69) is 0 Å². The van der Waals surface area contributed by atoms with Crippen LogP contribution in [0.25, 0.3) is 0 Å². The molecule has 0 atom stereocenters. The average Bonchev–Trinajstić information content (AvgIpc) is 3.05. The number of aryl methyl sites for hydroxylation is 1. The molecule has 0 radical (unpaired) electrons. The highest BCUT2D eigenvalue weighted by atomic mass is 32.2.